The first kappa shape index (κ1) is 23.5. The monoisotopic (exact) mass is 507 g/mol. The maximum Gasteiger partial charge on any atom is 0.237 e. The van der Waals surface area contributed by atoms with Crippen LogP contribution in [-0.4, -0.2) is 11.2 Å². The van der Waals surface area contributed by atoms with Gasteiger partial charge in [0, 0.05) is 34.0 Å². The van der Waals surface area contributed by atoms with E-state index < -0.39 is 0 Å². The number of aryl methyl sites for hydroxylation is 2. The number of furan rings is 1. The Hall–Kier alpha value is -3.90. The van der Waals surface area contributed by atoms with E-state index in [4.69, 9.17) is 21.1 Å². The zero-order chi connectivity index (χ0) is 25.4. The number of thiocarbonyl (C=S) groups is 1. The third kappa shape index (κ3) is 4.53. The van der Waals surface area contributed by atoms with Gasteiger partial charge in [0.25, 0.3) is 0 Å². The van der Waals surface area contributed by atoms with Gasteiger partial charge in [0.15, 0.2) is 5.11 Å². The van der Waals surface area contributed by atoms with Crippen molar-refractivity contribution >= 4 is 39.3 Å². The normalized spacial score (nSPS) is 14.5. The molecule has 6 heteroatoms. The molecule has 6 rings (SSSR count). The molecule has 0 aliphatic heterocycles. The molecule has 2 N–H and O–H groups in total. The molecule has 3 aromatic carbocycles. The predicted molar refractivity (Wildman–Crippen MR) is 153 cm³/mol. The summed E-state index contributed by atoms with van der Waals surface area (Å²) in [5.74, 6) is 0.885. The van der Waals surface area contributed by atoms with Crippen LogP contribution in [0.25, 0.3) is 44.2 Å². The summed E-state index contributed by atoms with van der Waals surface area (Å²) in [5, 5.41) is 10.5. The molecular formula is C31H29N3O2S. The zero-order valence-electron chi connectivity index (χ0n) is 21.0. The fraction of sp³-hybridized carbons (Fsp3) is 0.226. The number of fused-ring (bicyclic) bond motifs is 2. The molecule has 0 amide bonds. The minimum Gasteiger partial charge on any atom is -0.460 e. The second-order valence-corrected chi connectivity index (χ2v) is 10.1. The van der Waals surface area contributed by atoms with Crippen molar-refractivity contribution in [3.63, 3.8) is 0 Å². The van der Waals surface area contributed by atoms with Gasteiger partial charge in [-0.25, -0.2) is 0 Å². The van der Waals surface area contributed by atoms with E-state index in [1.165, 1.54) is 12.8 Å². The highest BCUT2D eigenvalue weighted by molar-refractivity contribution is 7.80. The quantitative estimate of drug-likeness (QED) is 0.197. The van der Waals surface area contributed by atoms with Gasteiger partial charge in [-0.1, -0.05) is 73.5 Å². The van der Waals surface area contributed by atoms with Crippen molar-refractivity contribution in [1.29, 1.82) is 0 Å². The van der Waals surface area contributed by atoms with Gasteiger partial charge in [-0.2, -0.15) is 0 Å². The van der Waals surface area contributed by atoms with E-state index in [0.717, 1.165) is 68.4 Å². The van der Waals surface area contributed by atoms with Crippen molar-refractivity contribution in [3.05, 3.63) is 89.7 Å². The summed E-state index contributed by atoms with van der Waals surface area (Å²) in [6.07, 6.45) is 4.76. The van der Waals surface area contributed by atoms with Crippen molar-refractivity contribution in [2.75, 3.05) is 0 Å². The van der Waals surface area contributed by atoms with Crippen LogP contribution < -0.4 is 16.3 Å². The van der Waals surface area contributed by atoms with E-state index in [2.05, 4.69) is 58.3 Å². The second-order valence-electron chi connectivity index (χ2n) is 9.70. The van der Waals surface area contributed by atoms with Crippen LogP contribution in [0.4, 0.5) is 0 Å². The third-order valence-electron chi connectivity index (χ3n) is 7.21. The molecule has 0 saturated heterocycles. The number of rotatable bonds is 4. The number of nitrogens with one attached hydrogen (secondary N) is 2. The Morgan fingerprint density at radius 3 is 2.19 bits per heavy atom. The average Bonchev–Trinajstić information content (AvgIpc) is 3.55. The van der Waals surface area contributed by atoms with E-state index in [0.29, 0.717) is 16.7 Å². The van der Waals surface area contributed by atoms with Crippen LogP contribution in [0, 0.1) is 13.8 Å². The minimum absolute atomic E-state index is 0.417. The second kappa shape index (κ2) is 9.87. The molecule has 0 atom stereocenters. The summed E-state index contributed by atoms with van der Waals surface area (Å²) < 4.78 is 12.7. The van der Waals surface area contributed by atoms with Crippen molar-refractivity contribution in [2.24, 2.45) is 5.10 Å². The lowest BCUT2D eigenvalue weighted by atomic mass is 9.96. The Labute approximate surface area is 221 Å². The predicted octanol–water partition coefficient (Wildman–Crippen LogP) is 7.35. The standard InChI is InChI=1S/C31H29N3O2S/c1-19-29-25(17-26-28(20(2)35-30(19)26)22-13-7-4-8-14-22)24(21-11-5-3-6-12-21)18-27(36-29)33-34-31(37)32-23-15-9-10-16-23/h3-8,11-14,17-18,23H,9-10,15-16H2,1-2H3,(H2,32,34,37)/b33-27-. The highest BCUT2D eigenvalue weighted by Gasteiger charge is 2.20. The van der Waals surface area contributed by atoms with Gasteiger partial charge in [0.1, 0.15) is 16.9 Å². The van der Waals surface area contributed by atoms with Gasteiger partial charge in [-0.15, -0.1) is 5.10 Å². The van der Waals surface area contributed by atoms with Crippen LogP contribution in [0.3, 0.4) is 0 Å². The van der Waals surface area contributed by atoms with Gasteiger partial charge in [0.05, 0.1) is 0 Å². The van der Waals surface area contributed by atoms with E-state index in [9.17, 15) is 0 Å². The third-order valence-corrected chi connectivity index (χ3v) is 7.41. The first-order valence-corrected chi connectivity index (χ1v) is 13.2. The van der Waals surface area contributed by atoms with E-state index in [1.807, 2.05) is 44.2 Å². The van der Waals surface area contributed by atoms with Crippen LogP contribution in [0.5, 0.6) is 0 Å². The maximum atomic E-state index is 6.36. The van der Waals surface area contributed by atoms with Crippen molar-refractivity contribution in [1.82, 2.24) is 10.7 Å². The Morgan fingerprint density at radius 2 is 1.49 bits per heavy atom. The fourth-order valence-corrected chi connectivity index (χ4v) is 5.64. The van der Waals surface area contributed by atoms with Crippen molar-refractivity contribution < 1.29 is 8.83 Å². The van der Waals surface area contributed by atoms with Gasteiger partial charge >= 0.3 is 0 Å². The number of hydrogen-bond acceptors (Lipinski definition) is 4. The topological polar surface area (TPSA) is 62.7 Å². The van der Waals surface area contributed by atoms with E-state index in [-0.39, 0.29) is 0 Å². The summed E-state index contributed by atoms with van der Waals surface area (Å²) in [4.78, 5) is 0. The SMILES string of the molecule is Cc1oc2c(C)c3o/c(=N\NC(=S)NC4CCCC4)cc(-c4ccccc4)c3cc2c1-c1ccccc1. The van der Waals surface area contributed by atoms with Gasteiger partial charge < -0.3 is 14.2 Å². The first-order valence-electron chi connectivity index (χ1n) is 12.8. The van der Waals surface area contributed by atoms with Gasteiger partial charge in [0.2, 0.25) is 5.55 Å². The number of benzene rings is 3. The van der Waals surface area contributed by atoms with Crippen LogP contribution in [-0.2, 0) is 0 Å². The molecule has 0 radical (unpaired) electrons. The summed E-state index contributed by atoms with van der Waals surface area (Å²) in [6.45, 7) is 4.06. The molecule has 1 aliphatic rings. The van der Waals surface area contributed by atoms with Crippen molar-refractivity contribution in [2.45, 2.75) is 45.6 Å². The minimum atomic E-state index is 0.417. The summed E-state index contributed by atoms with van der Waals surface area (Å²) in [6, 6.07) is 25.3. The molecule has 0 unspecified atom stereocenters. The lowest BCUT2D eigenvalue weighted by Gasteiger charge is -2.13. The molecule has 0 spiro atoms. The van der Waals surface area contributed by atoms with Crippen LogP contribution >= 0.6 is 12.2 Å². The molecule has 2 aromatic heterocycles. The van der Waals surface area contributed by atoms with E-state index >= 15 is 0 Å². The highest BCUT2D eigenvalue weighted by atomic mass is 32.1. The van der Waals surface area contributed by atoms with Gasteiger partial charge in [-0.05, 0) is 61.7 Å². The Balaban J connectivity index is 1.53. The summed E-state index contributed by atoms with van der Waals surface area (Å²) in [5.41, 5.74) is 10.3. The van der Waals surface area contributed by atoms with Crippen LogP contribution in [0.2, 0.25) is 0 Å². The summed E-state index contributed by atoms with van der Waals surface area (Å²) >= 11 is 5.49. The smallest absolute Gasteiger partial charge is 0.237 e. The molecule has 1 aliphatic carbocycles. The molecule has 1 fully saturated rings. The average molecular weight is 508 g/mol. The zero-order valence-corrected chi connectivity index (χ0v) is 21.8. The molecule has 1 saturated carbocycles. The highest BCUT2D eigenvalue weighted by Crippen LogP contribution is 2.40. The molecule has 186 valence electrons. The Kier molecular flexibility index (Phi) is 6.26. The molecule has 37 heavy (non-hydrogen) atoms. The molecular weight excluding hydrogens is 478 g/mol. The fourth-order valence-electron chi connectivity index (χ4n) is 5.43. The number of nitrogens with zero attached hydrogens (tertiary/aromatic N) is 1. The molecule has 5 nitrogen and oxygen atoms in total. The maximum absolute atomic E-state index is 6.36. The van der Waals surface area contributed by atoms with Gasteiger partial charge in [-0.3, -0.25) is 5.43 Å². The van der Waals surface area contributed by atoms with Crippen LogP contribution in [0.15, 0.2) is 86.7 Å². The van der Waals surface area contributed by atoms with Crippen molar-refractivity contribution in [3.8, 4) is 22.3 Å². The van der Waals surface area contributed by atoms with Crippen LogP contribution in [0.1, 0.15) is 37.0 Å². The Bertz CT molecular complexity index is 1660. The lowest BCUT2D eigenvalue weighted by molar-refractivity contribution is 0.524. The molecule has 5 aromatic rings. The Morgan fingerprint density at radius 1 is 0.838 bits per heavy atom. The van der Waals surface area contributed by atoms with E-state index in [1.54, 1.807) is 0 Å². The largest absolute Gasteiger partial charge is 0.460 e. The number of hydrogen-bond donors (Lipinski definition) is 2. The molecule has 0 bridgehead atoms. The first-order chi connectivity index (χ1) is 18.1. The molecule has 2 heterocycles. The summed E-state index contributed by atoms with van der Waals surface area (Å²) in [7, 11) is 0. The lowest BCUT2D eigenvalue weighted by Crippen LogP contribution is -2.39.